The molecule has 1 atom stereocenters. The summed E-state index contributed by atoms with van der Waals surface area (Å²) in [5.41, 5.74) is 0.870. The van der Waals surface area contributed by atoms with E-state index < -0.39 is 4.92 Å². The second-order valence-corrected chi connectivity index (χ2v) is 6.28. The van der Waals surface area contributed by atoms with Crippen molar-refractivity contribution in [3.8, 4) is 5.75 Å². The van der Waals surface area contributed by atoms with Crippen LogP contribution in [0.3, 0.4) is 0 Å². The first-order valence-corrected chi connectivity index (χ1v) is 8.56. The Balaban J connectivity index is 1.67. The zero-order chi connectivity index (χ0) is 18.5. The standard InChI is InChI=1S/C18H18ClN3O4/c19-16-4-2-1-3-15(16)17-11-20-9-10-21(17)18(23)12-26-14-7-5-13(6-8-14)22(24)25/h1-8,17,20H,9-12H2. The van der Waals surface area contributed by atoms with E-state index in [0.29, 0.717) is 30.4 Å². The van der Waals surface area contributed by atoms with E-state index in [1.54, 1.807) is 4.90 Å². The Morgan fingerprint density at radius 2 is 2.00 bits per heavy atom. The van der Waals surface area contributed by atoms with Crippen LogP contribution in [0.15, 0.2) is 48.5 Å². The summed E-state index contributed by atoms with van der Waals surface area (Å²) in [7, 11) is 0. The van der Waals surface area contributed by atoms with E-state index in [0.717, 1.165) is 5.56 Å². The SMILES string of the molecule is O=C(COc1ccc([N+](=O)[O-])cc1)N1CCNCC1c1ccccc1Cl. The van der Waals surface area contributed by atoms with E-state index in [-0.39, 0.29) is 24.2 Å². The molecule has 1 unspecified atom stereocenters. The van der Waals surface area contributed by atoms with Gasteiger partial charge in [0.15, 0.2) is 6.61 Å². The van der Waals surface area contributed by atoms with Gasteiger partial charge in [-0.15, -0.1) is 0 Å². The van der Waals surface area contributed by atoms with E-state index in [2.05, 4.69) is 5.32 Å². The van der Waals surface area contributed by atoms with Gasteiger partial charge in [-0.1, -0.05) is 29.8 Å². The first kappa shape index (κ1) is 18.2. The molecule has 0 radical (unpaired) electrons. The van der Waals surface area contributed by atoms with Crippen LogP contribution >= 0.6 is 11.6 Å². The molecule has 0 bridgehead atoms. The molecule has 1 heterocycles. The second kappa shape index (κ2) is 8.16. The largest absolute Gasteiger partial charge is 0.484 e. The van der Waals surface area contributed by atoms with Gasteiger partial charge in [-0.2, -0.15) is 0 Å². The van der Waals surface area contributed by atoms with Crippen molar-refractivity contribution in [3.63, 3.8) is 0 Å². The third-order valence-corrected chi connectivity index (χ3v) is 4.58. The van der Waals surface area contributed by atoms with Crippen molar-refractivity contribution in [1.82, 2.24) is 10.2 Å². The van der Waals surface area contributed by atoms with Crippen molar-refractivity contribution in [2.75, 3.05) is 26.2 Å². The average Bonchev–Trinajstić information content (AvgIpc) is 2.67. The van der Waals surface area contributed by atoms with Gasteiger partial charge >= 0.3 is 0 Å². The van der Waals surface area contributed by atoms with Crippen LogP contribution in [0.2, 0.25) is 5.02 Å². The summed E-state index contributed by atoms with van der Waals surface area (Å²) in [4.78, 5) is 24.6. The molecule has 2 aromatic rings. The predicted octanol–water partition coefficient (Wildman–Crippen LogP) is 2.80. The van der Waals surface area contributed by atoms with Gasteiger partial charge in [0.2, 0.25) is 0 Å². The molecule has 0 aliphatic carbocycles. The van der Waals surface area contributed by atoms with Crippen LogP contribution in [-0.4, -0.2) is 42.0 Å². The molecule has 1 saturated heterocycles. The number of amides is 1. The maximum atomic E-state index is 12.7. The van der Waals surface area contributed by atoms with Crippen LogP contribution in [0.25, 0.3) is 0 Å². The predicted molar refractivity (Wildman–Crippen MR) is 97.4 cm³/mol. The summed E-state index contributed by atoms with van der Waals surface area (Å²) in [5, 5.41) is 14.6. The Bertz CT molecular complexity index is 797. The van der Waals surface area contributed by atoms with Crippen molar-refractivity contribution in [3.05, 3.63) is 69.2 Å². The number of nitrogens with one attached hydrogen (secondary N) is 1. The minimum Gasteiger partial charge on any atom is -0.484 e. The number of benzene rings is 2. The lowest BCUT2D eigenvalue weighted by molar-refractivity contribution is -0.384. The molecule has 8 heteroatoms. The Kier molecular flexibility index (Phi) is 5.70. The van der Waals surface area contributed by atoms with Crippen LogP contribution in [-0.2, 0) is 4.79 Å². The highest BCUT2D eigenvalue weighted by molar-refractivity contribution is 6.31. The van der Waals surface area contributed by atoms with E-state index >= 15 is 0 Å². The molecule has 0 saturated carbocycles. The average molecular weight is 376 g/mol. The van der Waals surface area contributed by atoms with Crippen LogP contribution in [0, 0.1) is 10.1 Å². The second-order valence-electron chi connectivity index (χ2n) is 5.87. The number of hydrogen-bond acceptors (Lipinski definition) is 5. The molecule has 26 heavy (non-hydrogen) atoms. The summed E-state index contributed by atoms with van der Waals surface area (Å²) in [6.45, 7) is 1.73. The first-order chi connectivity index (χ1) is 12.6. The number of rotatable bonds is 5. The number of non-ortho nitro benzene ring substituents is 1. The van der Waals surface area contributed by atoms with Crippen LogP contribution in [0.4, 0.5) is 5.69 Å². The number of nitro groups is 1. The molecule has 1 aliphatic rings. The van der Waals surface area contributed by atoms with E-state index in [4.69, 9.17) is 16.3 Å². The van der Waals surface area contributed by atoms with E-state index in [1.807, 2.05) is 24.3 Å². The Hall–Kier alpha value is -2.64. The third kappa shape index (κ3) is 4.12. The van der Waals surface area contributed by atoms with Gasteiger partial charge < -0.3 is 15.0 Å². The fourth-order valence-corrected chi connectivity index (χ4v) is 3.18. The first-order valence-electron chi connectivity index (χ1n) is 8.18. The highest BCUT2D eigenvalue weighted by atomic mass is 35.5. The molecule has 136 valence electrons. The Morgan fingerprint density at radius 3 is 2.69 bits per heavy atom. The molecule has 2 aromatic carbocycles. The maximum absolute atomic E-state index is 12.7. The number of carbonyl (C=O) groups is 1. The smallest absolute Gasteiger partial charge is 0.269 e. The number of nitrogens with zero attached hydrogens (tertiary/aromatic N) is 2. The Morgan fingerprint density at radius 1 is 1.27 bits per heavy atom. The molecule has 0 spiro atoms. The van der Waals surface area contributed by atoms with Crippen molar-refractivity contribution in [1.29, 1.82) is 0 Å². The minimum atomic E-state index is -0.482. The molecule has 0 aromatic heterocycles. The highest BCUT2D eigenvalue weighted by Gasteiger charge is 2.29. The molecule has 3 rings (SSSR count). The zero-order valence-corrected chi connectivity index (χ0v) is 14.7. The topological polar surface area (TPSA) is 84.7 Å². The highest BCUT2D eigenvalue weighted by Crippen LogP contribution is 2.28. The van der Waals surface area contributed by atoms with Crippen molar-refractivity contribution >= 4 is 23.2 Å². The molecule has 7 nitrogen and oxygen atoms in total. The van der Waals surface area contributed by atoms with Gasteiger partial charge in [0, 0.05) is 36.8 Å². The lowest BCUT2D eigenvalue weighted by Crippen LogP contribution is -2.50. The summed E-state index contributed by atoms with van der Waals surface area (Å²) in [5.74, 6) is 0.253. The van der Waals surface area contributed by atoms with E-state index in [1.165, 1.54) is 24.3 Å². The van der Waals surface area contributed by atoms with Gasteiger partial charge in [-0.3, -0.25) is 14.9 Å². The summed E-state index contributed by atoms with van der Waals surface area (Å²) < 4.78 is 5.50. The Labute approximate surface area is 155 Å². The monoisotopic (exact) mass is 375 g/mol. The fraction of sp³-hybridized carbons (Fsp3) is 0.278. The number of halogens is 1. The van der Waals surface area contributed by atoms with Gasteiger partial charge in [0.1, 0.15) is 5.75 Å². The van der Waals surface area contributed by atoms with Crippen LogP contribution < -0.4 is 10.1 Å². The van der Waals surface area contributed by atoms with Gasteiger partial charge in [0.25, 0.3) is 11.6 Å². The number of hydrogen-bond donors (Lipinski definition) is 1. The lowest BCUT2D eigenvalue weighted by atomic mass is 10.0. The molecular formula is C18H18ClN3O4. The molecular weight excluding hydrogens is 358 g/mol. The summed E-state index contributed by atoms with van der Waals surface area (Å²) in [6, 6.07) is 13.0. The van der Waals surface area contributed by atoms with Crippen molar-refractivity contribution < 1.29 is 14.5 Å². The minimum absolute atomic E-state index is 0.0236. The molecule has 1 fully saturated rings. The van der Waals surface area contributed by atoms with Crippen molar-refractivity contribution in [2.45, 2.75) is 6.04 Å². The third-order valence-electron chi connectivity index (χ3n) is 4.24. The fourth-order valence-electron chi connectivity index (χ4n) is 2.92. The van der Waals surface area contributed by atoms with Crippen LogP contribution in [0.5, 0.6) is 5.75 Å². The molecule has 1 N–H and O–H groups in total. The quantitative estimate of drug-likeness (QED) is 0.641. The summed E-state index contributed by atoms with van der Waals surface area (Å²) >= 11 is 6.29. The lowest BCUT2D eigenvalue weighted by Gasteiger charge is -2.36. The number of nitro benzene ring substituents is 1. The summed E-state index contributed by atoms with van der Waals surface area (Å²) in [6.07, 6.45) is 0. The number of carbonyl (C=O) groups excluding carboxylic acids is 1. The van der Waals surface area contributed by atoms with E-state index in [9.17, 15) is 14.9 Å². The number of piperazine rings is 1. The molecule has 1 aliphatic heterocycles. The van der Waals surface area contributed by atoms with Crippen molar-refractivity contribution in [2.24, 2.45) is 0 Å². The number of ether oxygens (including phenoxy) is 1. The zero-order valence-electron chi connectivity index (χ0n) is 13.9. The van der Waals surface area contributed by atoms with Gasteiger partial charge in [0.05, 0.1) is 11.0 Å². The van der Waals surface area contributed by atoms with Gasteiger partial charge in [-0.25, -0.2) is 0 Å². The van der Waals surface area contributed by atoms with Crippen LogP contribution in [0.1, 0.15) is 11.6 Å². The molecule has 1 amide bonds. The maximum Gasteiger partial charge on any atom is 0.269 e. The van der Waals surface area contributed by atoms with Gasteiger partial charge in [-0.05, 0) is 23.8 Å². The normalized spacial score (nSPS) is 17.0.